The van der Waals surface area contributed by atoms with Gasteiger partial charge in [-0.25, -0.2) is 0 Å². The van der Waals surface area contributed by atoms with Crippen LogP contribution in [0.25, 0.3) is 0 Å². The van der Waals surface area contributed by atoms with Crippen molar-refractivity contribution in [2.24, 2.45) is 0 Å². The number of carbonyl (C=O) groups excluding carboxylic acids is 1. The third-order valence-corrected chi connectivity index (χ3v) is 5.12. The number of aliphatic carboxylic acids is 1. The van der Waals surface area contributed by atoms with Crippen molar-refractivity contribution in [2.75, 3.05) is 24.3 Å². The predicted molar refractivity (Wildman–Crippen MR) is 82.6 cm³/mol. The van der Waals surface area contributed by atoms with Gasteiger partial charge in [0.05, 0.1) is 18.0 Å². The quantitative estimate of drug-likeness (QED) is 0.866. The van der Waals surface area contributed by atoms with Crippen LogP contribution in [0.3, 0.4) is 0 Å². The largest absolute Gasteiger partial charge is 0.481 e. The summed E-state index contributed by atoms with van der Waals surface area (Å²) in [6.45, 7) is 0.615. The summed E-state index contributed by atoms with van der Waals surface area (Å²) in [5, 5.41) is 8.99. The highest BCUT2D eigenvalue weighted by Gasteiger charge is 2.30. The van der Waals surface area contributed by atoms with Gasteiger partial charge < -0.3 is 10.0 Å². The molecule has 0 aromatic heterocycles. The Bertz CT molecular complexity index is 507. The van der Waals surface area contributed by atoms with Gasteiger partial charge in [0, 0.05) is 22.9 Å². The lowest BCUT2D eigenvalue weighted by Gasteiger charge is -2.35. The number of carboxylic acid groups (broad SMARTS) is 1. The summed E-state index contributed by atoms with van der Waals surface area (Å²) in [6.07, 6.45) is 1.95. The van der Waals surface area contributed by atoms with E-state index in [0.717, 1.165) is 10.6 Å². The summed E-state index contributed by atoms with van der Waals surface area (Å²) >= 11 is 3.24. The second-order valence-electron chi connectivity index (χ2n) is 4.53. The zero-order valence-electron chi connectivity index (χ0n) is 11.2. The average Bonchev–Trinajstić information content (AvgIpc) is 2.46. The van der Waals surface area contributed by atoms with Crippen LogP contribution in [0.1, 0.15) is 16.8 Å². The molecule has 4 nitrogen and oxygen atoms in total. The monoisotopic (exact) mass is 311 g/mol. The van der Waals surface area contributed by atoms with Gasteiger partial charge in [-0.1, -0.05) is 12.1 Å². The molecule has 1 heterocycles. The van der Waals surface area contributed by atoms with Gasteiger partial charge in [-0.15, -0.1) is 11.8 Å². The highest BCUT2D eigenvalue weighted by atomic mass is 32.2. The summed E-state index contributed by atoms with van der Waals surface area (Å²) in [7, 11) is 0. The Kier molecular flexibility index (Phi) is 5.37. The van der Waals surface area contributed by atoms with Crippen molar-refractivity contribution in [3.63, 3.8) is 0 Å². The minimum atomic E-state index is -0.853. The van der Waals surface area contributed by atoms with E-state index in [9.17, 15) is 9.59 Å². The molecule has 0 saturated carbocycles. The number of carbonyl (C=O) groups is 2. The molecule has 0 bridgehead atoms. The molecular weight excluding hydrogens is 294 g/mol. The number of thioether (sulfide) groups is 2. The number of hydrogen-bond acceptors (Lipinski definition) is 4. The van der Waals surface area contributed by atoms with E-state index in [1.807, 2.05) is 30.5 Å². The summed E-state index contributed by atoms with van der Waals surface area (Å²) in [4.78, 5) is 26.3. The number of amides is 1. The van der Waals surface area contributed by atoms with E-state index in [2.05, 4.69) is 0 Å². The molecule has 1 aliphatic heterocycles. The van der Waals surface area contributed by atoms with Crippen LogP contribution in [0.15, 0.2) is 29.2 Å². The zero-order valence-corrected chi connectivity index (χ0v) is 12.9. The maximum absolute atomic E-state index is 12.7. The van der Waals surface area contributed by atoms with Gasteiger partial charge in [0.2, 0.25) is 0 Å². The Morgan fingerprint density at radius 2 is 2.20 bits per heavy atom. The van der Waals surface area contributed by atoms with Crippen molar-refractivity contribution in [3.8, 4) is 0 Å². The SMILES string of the molecule is CSc1ccccc1C(=O)N1CCSCC1CC(=O)O. The second kappa shape index (κ2) is 7.04. The van der Waals surface area contributed by atoms with Crippen LogP contribution in [0.4, 0.5) is 0 Å². The first-order valence-electron chi connectivity index (χ1n) is 6.37. The topological polar surface area (TPSA) is 57.6 Å². The molecule has 108 valence electrons. The first kappa shape index (κ1) is 15.3. The minimum Gasteiger partial charge on any atom is -0.481 e. The molecule has 1 amide bonds. The van der Waals surface area contributed by atoms with Crippen molar-refractivity contribution in [1.82, 2.24) is 4.90 Å². The number of carboxylic acids is 1. The minimum absolute atomic E-state index is 0.0141. The van der Waals surface area contributed by atoms with E-state index in [-0.39, 0.29) is 18.4 Å². The Morgan fingerprint density at radius 1 is 1.45 bits per heavy atom. The van der Waals surface area contributed by atoms with Gasteiger partial charge in [-0.3, -0.25) is 9.59 Å². The second-order valence-corrected chi connectivity index (χ2v) is 6.52. The van der Waals surface area contributed by atoms with Crippen LogP contribution in [0.5, 0.6) is 0 Å². The fourth-order valence-electron chi connectivity index (χ4n) is 2.27. The number of nitrogens with zero attached hydrogens (tertiary/aromatic N) is 1. The molecule has 0 spiro atoms. The number of benzene rings is 1. The van der Waals surface area contributed by atoms with Crippen LogP contribution in [-0.2, 0) is 4.79 Å². The lowest BCUT2D eigenvalue weighted by Crippen LogP contribution is -2.47. The van der Waals surface area contributed by atoms with Gasteiger partial charge in [0.1, 0.15) is 0 Å². The van der Waals surface area contributed by atoms with E-state index in [1.54, 1.807) is 16.7 Å². The van der Waals surface area contributed by atoms with Crippen molar-refractivity contribution in [3.05, 3.63) is 29.8 Å². The van der Waals surface area contributed by atoms with Crippen molar-refractivity contribution < 1.29 is 14.7 Å². The zero-order chi connectivity index (χ0) is 14.5. The molecule has 1 fully saturated rings. The molecular formula is C14H17NO3S2. The highest BCUT2D eigenvalue weighted by molar-refractivity contribution is 7.99. The van der Waals surface area contributed by atoms with Crippen LogP contribution >= 0.6 is 23.5 Å². The smallest absolute Gasteiger partial charge is 0.305 e. The molecule has 20 heavy (non-hydrogen) atoms. The molecule has 1 atom stereocenters. The molecule has 6 heteroatoms. The van der Waals surface area contributed by atoms with Crippen LogP contribution in [0, 0.1) is 0 Å². The first-order valence-corrected chi connectivity index (χ1v) is 8.75. The first-order chi connectivity index (χ1) is 9.63. The van der Waals surface area contributed by atoms with Crippen LogP contribution < -0.4 is 0 Å². The van der Waals surface area contributed by atoms with Crippen LogP contribution in [-0.4, -0.2) is 52.2 Å². The van der Waals surface area contributed by atoms with Crippen molar-refractivity contribution in [2.45, 2.75) is 17.4 Å². The lowest BCUT2D eigenvalue weighted by molar-refractivity contribution is -0.138. The van der Waals surface area contributed by atoms with E-state index in [0.29, 0.717) is 17.9 Å². The van der Waals surface area contributed by atoms with Crippen molar-refractivity contribution >= 4 is 35.4 Å². The highest BCUT2D eigenvalue weighted by Crippen LogP contribution is 2.25. The summed E-state index contributed by atoms with van der Waals surface area (Å²) in [5.74, 6) is 0.651. The fraction of sp³-hybridized carbons (Fsp3) is 0.429. The van der Waals surface area contributed by atoms with E-state index in [4.69, 9.17) is 5.11 Å². The van der Waals surface area contributed by atoms with Gasteiger partial charge in [0.15, 0.2) is 0 Å². The standard InChI is InChI=1S/C14H17NO3S2/c1-19-12-5-3-2-4-11(12)14(18)15-6-7-20-9-10(15)8-13(16)17/h2-5,10H,6-9H2,1H3,(H,16,17). The summed E-state index contributed by atoms with van der Waals surface area (Å²) < 4.78 is 0. The molecule has 1 N–H and O–H groups in total. The van der Waals surface area contributed by atoms with E-state index in [1.165, 1.54) is 11.8 Å². The molecule has 1 unspecified atom stereocenters. The summed E-state index contributed by atoms with van der Waals surface area (Å²) in [5.41, 5.74) is 0.669. The van der Waals surface area contributed by atoms with Gasteiger partial charge in [0.25, 0.3) is 5.91 Å². The Morgan fingerprint density at radius 3 is 2.90 bits per heavy atom. The Hall–Kier alpha value is -1.14. The normalized spacial score (nSPS) is 18.9. The van der Waals surface area contributed by atoms with Gasteiger partial charge in [-0.05, 0) is 18.4 Å². The predicted octanol–water partition coefficient (Wildman–Crippen LogP) is 2.44. The van der Waals surface area contributed by atoms with E-state index < -0.39 is 5.97 Å². The maximum atomic E-state index is 12.7. The third-order valence-electron chi connectivity index (χ3n) is 3.24. The molecule has 1 aromatic rings. The molecule has 1 aliphatic rings. The van der Waals surface area contributed by atoms with Gasteiger partial charge >= 0.3 is 5.97 Å². The molecule has 1 aromatic carbocycles. The molecule has 0 radical (unpaired) electrons. The van der Waals surface area contributed by atoms with Crippen molar-refractivity contribution in [1.29, 1.82) is 0 Å². The average molecular weight is 311 g/mol. The fourth-order valence-corrected chi connectivity index (χ4v) is 3.92. The summed E-state index contributed by atoms with van der Waals surface area (Å²) in [6, 6.07) is 7.27. The molecule has 0 aliphatic carbocycles. The molecule has 2 rings (SSSR count). The van der Waals surface area contributed by atoms with Gasteiger partial charge in [-0.2, -0.15) is 11.8 Å². The maximum Gasteiger partial charge on any atom is 0.305 e. The molecule has 1 saturated heterocycles. The Balaban J connectivity index is 2.23. The Labute approximate surface area is 126 Å². The third kappa shape index (κ3) is 3.49. The lowest BCUT2D eigenvalue weighted by atomic mass is 10.1. The van der Waals surface area contributed by atoms with E-state index >= 15 is 0 Å². The van der Waals surface area contributed by atoms with Crippen LogP contribution in [0.2, 0.25) is 0 Å². The number of rotatable bonds is 4. The number of hydrogen-bond donors (Lipinski definition) is 1.